The van der Waals surface area contributed by atoms with Crippen LogP contribution in [0, 0.1) is 0 Å². The van der Waals surface area contributed by atoms with Crippen LogP contribution in [-0.2, 0) is 13.2 Å². The van der Waals surface area contributed by atoms with Gasteiger partial charge in [-0.05, 0) is 19.1 Å². The van der Waals surface area contributed by atoms with Gasteiger partial charge in [-0.1, -0.05) is 22.0 Å². The minimum absolute atomic E-state index is 0.245. The van der Waals surface area contributed by atoms with Gasteiger partial charge >= 0.3 is 5.97 Å². The van der Waals surface area contributed by atoms with Crippen LogP contribution in [0.5, 0.6) is 5.75 Å². The molecule has 2 rings (SSSR count). The lowest BCUT2D eigenvalue weighted by Gasteiger charge is -2.06. The SMILES string of the molecule is CCn1cc(OCc2ccc(C(=O)O)cc2Br)cn1. The van der Waals surface area contributed by atoms with Gasteiger partial charge in [-0.2, -0.15) is 5.10 Å². The second-order valence-electron chi connectivity index (χ2n) is 3.93. The number of aromatic carboxylic acids is 1. The van der Waals surface area contributed by atoms with Crippen molar-refractivity contribution in [3.8, 4) is 5.75 Å². The first-order chi connectivity index (χ1) is 9.10. The molecule has 0 bridgehead atoms. The number of rotatable bonds is 5. The van der Waals surface area contributed by atoms with Crippen LogP contribution in [0.25, 0.3) is 0 Å². The molecule has 100 valence electrons. The average molecular weight is 325 g/mol. The lowest BCUT2D eigenvalue weighted by molar-refractivity contribution is 0.0696. The summed E-state index contributed by atoms with van der Waals surface area (Å²) in [7, 11) is 0. The first kappa shape index (κ1) is 13.6. The number of nitrogens with zero attached hydrogens (tertiary/aromatic N) is 2. The summed E-state index contributed by atoms with van der Waals surface area (Å²) >= 11 is 3.34. The molecule has 0 aliphatic heterocycles. The minimum atomic E-state index is -0.947. The Hall–Kier alpha value is -1.82. The fourth-order valence-corrected chi connectivity index (χ4v) is 2.04. The number of benzene rings is 1. The predicted molar refractivity (Wildman–Crippen MR) is 73.3 cm³/mol. The second-order valence-corrected chi connectivity index (χ2v) is 4.79. The molecule has 0 saturated heterocycles. The molecule has 2 aromatic rings. The summed E-state index contributed by atoms with van der Waals surface area (Å²) < 4.78 is 8.09. The van der Waals surface area contributed by atoms with E-state index in [2.05, 4.69) is 21.0 Å². The zero-order valence-electron chi connectivity index (χ0n) is 10.3. The summed E-state index contributed by atoms with van der Waals surface area (Å²) in [6.45, 7) is 3.15. The van der Waals surface area contributed by atoms with Crippen molar-refractivity contribution in [3.63, 3.8) is 0 Å². The molecular weight excluding hydrogens is 312 g/mol. The number of hydrogen-bond acceptors (Lipinski definition) is 3. The Labute approximate surface area is 118 Å². The number of carboxylic acid groups (broad SMARTS) is 1. The summed E-state index contributed by atoms with van der Waals surface area (Å²) in [5.74, 6) is -0.256. The van der Waals surface area contributed by atoms with Crippen LogP contribution < -0.4 is 4.74 Å². The number of hydrogen-bond donors (Lipinski definition) is 1. The lowest BCUT2D eigenvalue weighted by atomic mass is 10.1. The third-order valence-corrected chi connectivity index (χ3v) is 3.37. The van der Waals surface area contributed by atoms with E-state index in [0.29, 0.717) is 12.4 Å². The van der Waals surface area contributed by atoms with Crippen molar-refractivity contribution < 1.29 is 14.6 Å². The molecule has 1 aromatic heterocycles. The number of aryl methyl sites for hydroxylation is 1. The van der Waals surface area contributed by atoms with Crippen LogP contribution in [0.3, 0.4) is 0 Å². The van der Waals surface area contributed by atoms with E-state index in [1.165, 1.54) is 0 Å². The van der Waals surface area contributed by atoms with Crippen LogP contribution in [0.1, 0.15) is 22.8 Å². The highest BCUT2D eigenvalue weighted by molar-refractivity contribution is 9.10. The van der Waals surface area contributed by atoms with Crippen molar-refractivity contribution in [1.82, 2.24) is 9.78 Å². The van der Waals surface area contributed by atoms with Gasteiger partial charge in [-0.25, -0.2) is 4.79 Å². The highest BCUT2D eigenvalue weighted by Gasteiger charge is 2.07. The van der Waals surface area contributed by atoms with E-state index in [-0.39, 0.29) is 5.56 Å². The van der Waals surface area contributed by atoms with Crippen molar-refractivity contribution in [3.05, 3.63) is 46.2 Å². The Morgan fingerprint density at radius 3 is 2.89 bits per heavy atom. The second kappa shape index (κ2) is 5.88. The van der Waals surface area contributed by atoms with Gasteiger partial charge in [-0.15, -0.1) is 0 Å². The monoisotopic (exact) mass is 324 g/mol. The molecule has 0 unspecified atom stereocenters. The quantitative estimate of drug-likeness (QED) is 0.918. The topological polar surface area (TPSA) is 64.3 Å². The summed E-state index contributed by atoms with van der Waals surface area (Å²) in [5.41, 5.74) is 1.13. The van der Waals surface area contributed by atoms with E-state index < -0.39 is 5.97 Å². The highest BCUT2D eigenvalue weighted by atomic mass is 79.9. The van der Waals surface area contributed by atoms with Gasteiger partial charge in [0, 0.05) is 16.6 Å². The van der Waals surface area contributed by atoms with E-state index in [4.69, 9.17) is 9.84 Å². The number of ether oxygens (including phenoxy) is 1. The molecule has 1 aromatic carbocycles. The van der Waals surface area contributed by atoms with Gasteiger partial charge in [0.15, 0.2) is 5.75 Å². The van der Waals surface area contributed by atoms with Crippen molar-refractivity contribution in [2.75, 3.05) is 0 Å². The zero-order chi connectivity index (χ0) is 13.8. The Morgan fingerprint density at radius 1 is 1.53 bits per heavy atom. The molecule has 19 heavy (non-hydrogen) atoms. The van der Waals surface area contributed by atoms with E-state index in [1.807, 2.05) is 13.1 Å². The van der Waals surface area contributed by atoms with Crippen LogP contribution in [0.15, 0.2) is 35.1 Å². The molecule has 0 fully saturated rings. The van der Waals surface area contributed by atoms with Crippen LogP contribution in [0.4, 0.5) is 0 Å². The number of carboxylic acids is 1. The first-order valence-electron chi connectivity index (χ1n) is 5.77. The highest BCUT2D eigenvalue weighted by Crippen LogP contribution is 2.21. The molecule has 0 aliphatic rings. The van der Waals surface area contributed by atoms with Crippen LogP contribution in [-0.4, -0.2) is 20.9 Å². The fourth-order valence-electron chi connectivity index (χ4n) is 1.55. The summed E-state index contributed by atoms with van der Waals surface area (Å²) in [4.78, 5) is 10.8. The van der Waals surface area contributed by atoms with Crippen molar-refractivity contribution >= 4 is 21.9 Å². The smallest absolute Gasteiger partial charge is 0.335 e. The number of carbonyl (C=O) groups is 1. The molecule has 5 nitrogen and oxygen atoms in total. The molecular formula is C13H13BrN2O3. The molecule has 1 heterocycles. The maximum atomic E-state index is 10.8. The van der Waals surface area contributed by atoms with Gasteiger partial charge in [0.05, 0.1) is 18.0 Å². The summed E-state index contributed by atoms with van der Waals surface area (Å²) in [6, 6.07) is 4.86. The summed E-state index contributed by atoms with van der Waals surface area (Å²) in [6.07, 6.45) is 3.47. The van der Waals surface area contributed by atoms with Crippen molar-refractivity contribution in [2.45, 2.75) is 20.1 Å². The van der Waals surface area contributed by atoms with Gasteiger partial charge in [0.25, 0.3) is 0 Å². The molecule has 0 aliphatic carbocycles. The first-order valence-corrected chi connectivity index (χ1v) is 6.56. The largest absolute Gasteiger partial charge is 0.486 e. The minimum Gasteiger partial charge on any atom is -0.486 e. The van der Waals surface area contributed by atoms with Crippen LogP contribution >= 0.6 is 15.9 Å². The molecule has 0 atom stereocenters. The fraction of sp³-hybridized carbons (Fsp3) is 0.231. The average Bonchev–Trinajstić information content (AvgIpc) is 2.85. The van der Waals surface area contributed by atoms with E-state index in [0.717, 1.165) is 16.6 Å². The van der Waals surface area contributed by atoms with Crippen molar-refractivity contribution in [2.24, 2.45) is 0 Å². The number of aromatic nitrogens is 2. The molecule has 6 heteroatoms. The predicted octanol–water partition coefficient (Wildman–Crippen LogP) is 2.94. The van der Waals surface area contributed by atoms with E-state index in [9.17, 15) is 4.79 Å². The normalized spacial score (nSPS) is 10.4. The lowest BCUT2D eigenvalue weighted by Crippen LogP contribution is -2.00. The van der Waals surface area contributed by atoms with Gasteiger partial charge in [0.2, 0.25) is 0 Å². The maximum Gasteiger partial charge on any atom is 0.335 e. The van der Waals surface area contributed by atoms with E-state index >= 15 is 0 Å². The van der Waals surface area contributed by atoms with Crippen molar-refractivity contribution in [1.29, 1.82) is 0 Å². The van der Waals surface area contributed by atoms with Gasteiger partial charge < -0.3 is 9.84 Å². The van der Waals surface area contributed by atoms with Crippen LogP contribution in [0.2, 0.25) is 0 Å². The third kappa shape index (κ3) is 3.35. The standard InChI is InChI=1S/C13H13BrN2O3/c1-2-16-7-11(6-15-16)19-8-10-4-3-9(13(17)18)5-12(10)14/h3-7H,2,8H2,1H3,(H,17,18). The van der Waals surface area contributed by atoms with Gasteiger partial charge in [-0.3, -0.25) is 4.68 Å². The Morgan fingerprint density at radius 2 is 2.32 bits per heavy atom. The Kier molecular flexibility index (Phi) is 4.21. The van der Waals surface area contributed by atoms with Gasteiger partial charge in [0.1, 0.15) is 6.61 Å². The maximum absolute atomic E-state index is 10.8. The molecule has 0 spiro atoms. The Bertz CT molecular complexity index is 595. The molecule has 0 saturated carbocycles. The zero-order valence-corrected chi connectivity index (χ0v) is 11.9. The molecule has 1 N–H and O–H groups in total. The number of halogens is 1. The third-order valence-electron chi connectivity index (χ3n) is 2.63. The molecule has 0 amide bonds. The summed E-state index contributed by atoms with van der Waals surface area (Å²) in [5, 5.41) is 13.0. The molecule has 0 radical (unpaired) electrons. The Balaban J connectivity index is 2.05. The van der Waals surface area contributed by atoms with E-state index in [1.54, 1.807) is 29.1 Å².